The lowest BCUT2D eigenvalue weighted by atomic mass is 9.68. The number of benzene rings is 2. The highest BCUT2D eigenvalue weighted by molar-refractivity contribution is 5.83. The zero-order valence-electron chi connectivity index (χ0n) is 22.6. The van der Waals surface area contributed by atoms with Gasteiger partial charge in [0.15, 0.2) is 0 Å². The Balaban J connectivity index is 0.000000559. The van der Waals surface area contributed by atoms with Crippen LogP contribution < -0.4 is 4.74 Å². The van der Waals surface area contributed by atoms with Crippen molar-refractivity contribution in [2.75, 3.05) is 34.3 Å². The molecule has 1 heterocycles. The van der Waals surface area contributed by atoms with Gasteiger partial charge in [-0.25, -0.2) is 9.59 Å². The Bertz CT molecular complexity index is 1180. The molecule has 2 aromatic rings. The maximum absolute atomic E-state index is 13.4. The van der Waals surface area contributed by atoms with Crippen LogP contribution in [0.25, 0.3) is 0 Å². The molecule has 2 fully saturated rings. The van der Waals surface area contributed by atoms with E-state index in [0.29, 0.717) is 13.1 Å². The minimum atomic E-state index is -5.08. The minimum absolute atomic E-state index is 0.117. The van der Waals surface area contributed by atoms with Crippen LogP contribution in [0.1, 0.15) is 36.8 Å². The summed E-state index contributed by atoms with van der Waals surface area (Å²) in [5.74, 6) is -2.96. The highest BCUT2D eigenvalue weighted by Gasteiger charge is 2.54. The van der Waals surface area contributed by atoms with Gasteiger partial charge in [-0.05, 0) is 63.0 Å². The van der Waals surface area contributed by atoms with Crippen LogP contribution in [0.3, 0.4) is 0 Å². The summed E-state index contributed by atoms with van der Waals surface area (Å²) in [5.41, 5.74) is 1.69. The SMILES string of the molecule is COc1ccc(CN2C[C@]3(CC[C@@](c4ccccc4)(N(C)C)CC3)N(CC(=O)O)C2=O)cc1.O=C(O)C(F)(F)F. The van der Waals surface area contributed by atoms with Crippen LogP contribution in [-0.4, -0.2) is 88.9 Å². The maximum Gasteiger partial charge on any atom is 0.490 e. The summed E-state index contributed by atoms with van der Waals surface area (Å²) >= 11 is 0. The Kier molecular flexibility index (Phi) is 9.34. The van der Waals surface area contributed by atoms with E-state index in [1.54, 1.807) is 16.9 Å². The number of rotatable bonds is 7. The van der Waals surface area contributed by atoms with Crippen molar-refractivity contribution in [3.05, 3.63) is 65.7 Å². The van der Waals surface area contributed by atoms with Gasteiger partial charge in [0.1, 0.15) is 12.3 Å². The fourth-order valence-corrected chi connectivity index (χ4v) is 5.63. The van der Waals surface area contributed by atoms with Gasteiger partial charge in [-0.2, -0.15) is 13.2 Å². The summed E-state index contributed by atoms with van der Waals surface area (Å²) < 4.78 is 37.0. The smallest absolute Gasteiger partial charge is 0.490 e. The molecule has 4 rings (SSSR count). The summed E-state index contributed by atoms with van der Waals surface area (Å²) in [6.07, 6.45) is -1.83. The van der Waals surface area contributed by atoms with Gasteiger partial charge in [0.05, 0.1) is 12.6 Å². The molecule has 218 valence electrons. The van der Waals surface area contributed by atoms with E-state index < -0.39 is 23.7 Å². The third-order valence-corrected chi connectivity index (χ3v) is 7.80. The predicted molar refractivity (Wildman–Crippen MR) is 140 cm³/mol. The van der Waals surface area contributed by atoms with Crippen LogP contribution in [-0.2, 0) is 21.7 Å². The Hall–Kier alpha value is -3.80. The average molecular weight is 566 g/mol. The molecule has 40 heavy (non-hydrogen) atoms. The van der Waals surface area contributed by atoms with Crippen molar-refractivity contribution in [2.45, 2.75) is 49.5 Å². The van der Waals surface area contributed by atoms with Crippen LogP contribution in [0.15, 0.2) is 54.6 Å². The molecule has 0 bridgehead atoms. The maximum atomic E-state index is 13.4. The first-order chi connectivity index (χ1) is 18.7. The van der Waals surface area contributed by atoms with Gasteiger partial charge in [0.25, 0.3) is 0 Å². The van der Waals surface area contributed by atoms with Crippen molar-refractivity contribution in [1.82, 2.24) is 14.7 Å². The standard InChI is InChI=1S/C26H33N3O4.C2HF3O2/c1-27(2)26(21-7-5-4-6-8-21)15-13-25(14-16-26)19-28(24(32)29(25)18-23(30)31)17-20-9-11-22(33-3)12-10-20;3-2(4,5)1(6)7/h4-12H,13-19H2,1-3H3,(H,30,31);(H,6,7)/t25-,26-;. The highest BCUT2D eigenvalue weighted by Crippen LogP contribution is 2.49. The van der Waals surface area contributed by atoms with Gasteiger partial charge < -0.3 is 24.7 Å². The first kappa shape index (κ1) is 30.7. The molecule has 0 atom stereocenters. The molecule has 1 aliphatic heterocycles. The van der Waals surface area contributed by atoms with Crippen molar-refractivity contribution in [3.63, 3.8) is 0 Å². The number of hydrogen-bond donors (Lipinski definition) is 2. The number of carbonyl (C=O) groups is 3. The lowest BCUT2D eigenvalue weighted by molar-refractivity contribution is -0.192. The van der Waals surface area contributed by atoms with Crippen molar-refractivity contribution >= 4 is 18.0 Å². The number of carboxylic acid groups (broad SMARTS) is 2. The summed E-state index contributed by atoms with van der Waals surface area (Å²) in [7, 11) is 5.84. The van der Waals surface area contributed by atoms with Gasteiger partial charge >= 0.3 is 24.1 Å². The minimum Gasteiger partial charge on any atom is -0.497 e. The molecular weight excluding hydrogens is 531 g/mol. The third kappa shape index (κ3) is 6.67. The molecule has 1 saturated heterocycles. The number of alkyl halides is 3. The Morgan fingerprint density at radius 3 is 1.98 bits per heavy atom. The number of carbonyl (C=O) groups excluding carboxylic acids is 1. The number of methoxy groups -OCH3 is 1. The van der Waals surface area contributed by atoms with Crippen LogP contribution in [0.4, 0.5) is 18.0 Å². The number of amides is 2. The number of hydrogen-bond acceptors (Lipinski definition) is 5. The molecule has 12 heteroatoms. The predicted octanol–water partition coefficient (Wildman–Crippen LogP) is 4.42. The first-order valence-electron chi connectivity index (χ1n) is 12.7. The van der Waals surface area contributed by atoms with Crippen LogP contribution in [0, 0.1) is 0 Å². The number of nitrogens with zero attached hydrogens (tertiary/aromatic N) is 3. The second kappa shape index (κ2) is 12.2. The topological polar surface area (TPSA) is 111 Å². The number of halogens is 3. The number of aliphatic carboxylic acids is 2. The first-order valence-corrected chi connectivity index (χ1v) is 12.7. The summed E-state index contributed by atoms with van der Waals surface area (Å²) in [4.78, 5) is 39.6. The molecular formula is C28H34F3N3O6. The largest absolute Gasteiger partial charge is 0.497 e. The molecule has 9 nitrogen and oxygen atoms in total. The molecule has 2 aliphatic rings. The van der Waals surface area contributed by atoms with Crippen LogP contribution in [0.5, 0.6) is 5.75 Å². The number of urea groups is 1. The molecule has 1 aliphatic carbocycles. The zero-order valence-corrected chi connectivity index (χ0v) is 22.6. The van der Waals surface area contributed by atoms with E-state index in [2.05, 4.69) is 43.3 Å². The molecule has 0 aromatic heterocycles. The number of carboxylic acids is 2. The van der Waals surface area contributed by atoms with E-state index in [1.807, 2.05) is 30.3 Å². The van der Waals surface area contributed by atoms with Gasteiger partial charge in [-0.15, -0.1) is 0 Å². The molecule has 2 N–H and O–H groups in total. The van der Waals surface area contributed by atoms with E-state index >= 15 is 0 Å². The van der Waals surface area contributed by atoms with Crippen molar-refractivity contribution in [2.24, 2.45) is 0 Å². The van der Waals surface area contributed by atoms with E-state index in [9.17, 15) is 27.9 Å². The van der Waals surface area contributed by atoms with Crippen LogP contribution >= 0.6 is 0 Å². The third-order valence-electron chi connectivity index (χ3n) is 7.80. The highest BCUT2D eigenvalue weighted by atomic mass is 19.4. The second-order valence-corrected chi connectivity index (χ2v) is 10.3. The molecule has 1 spiro atoms. The number of ether oxygens (including phenoxy) is 1. The average Bonchev–Trinajstić information content (AvgIpc) is 3.15. The van der Waals surface area contributed by atoms with E-state index in [0.717, 1.165) is 37.0 Å². The fraction of sp³-hybridized carbons (Fsp3) is 0.464. The summed E-state index contributed by atoms with van der Waals surface area (Å²) in [6, 6.07) is 18.0. The summed E-state index contributed by atoms with van der Waals surface area (Å²) in [5, 5.41) is 16.7. The second-order valence-electron chi connectivity index (χ2n) is 10.3. The van der Waals surface area contributed by atoms with E-state index in [-0.39, 0.29) is 18.1 Å². The molecule has 1 saturated carbocycles. The van der Waals surface area contributed by atoms with Gasteiger partial charge in [0, 0.05) is 18.6 Å². The lowest BCUT2D eigenvalue weighted by Crippen LogP contribution is -2.56. The lowest BCUT2D eigenvalue weighted by Gasteiger charge is -2.50. The van der Waals surface area contributed by atoms with Crippen molar-refractivity contribution < 1.29 is 42.5 Å². The Labute approximate surface area is 230 Å². The van der Waals surface area contributed by atoms with Gasteiger partial charge in [0.2, 0.25) is 0 Å². The normalized spacial score (nSPS) is 22.7. The zero-order chi connectivity index (χ0) is 29.7. The Morgan fingerprint density at radius 2 is 1.52 bits per heavy atom. The quantitative estimate of drug-likeness (QED) is 0.511. The Morgan fingerprint density at radius 1 is 0.975 bits per heavy atom. The van der Waals surface area contributed by atoms with E-state index in [1.165, 1.54) is 5.56 Å². The van der Waals surface area contributed by atoms with E-state index in [4.69, 9.17) is 14.6 Å². The molecule has 0 radical (unpaired) electrons. The van der Waals surface area contributed by atoms with Gasteiger partial charge in [-0.3, -0.25) is 9.69 Å². The monoisotopic (exact) mass is 565 g/mol. The van der Waals surface area contributed by atoms with Gasteiger partial charge in [-0.1, -0.05) is 42.5 Å². The summed E-state index contributed by atoms with van der Waals surface area (Å²) in [6.45, 7) is 0.736. The molecule has 2 aromatic carbocycles. The van der Waals surface area contributed by atoms with Crippen molar-refractivity contribution in [1.29, 1.82) is 0 Å². The fourth-order valence-electron chi connectivity index (χ4n) is 5.63. The molecule has 0 unspecified atom stereocenters. The molecule has 2 amide bonds. The van der Waals surface area contributed by atoms with Crippen LogP contribution in [0.2, 0.25) is 0 Å². The van der Waals surface area contributed by atoms with Crippen molar-refractivity contribution in [3.8, 4) is 5.75 Å².